The average molecular weight is 384 g/mol. The van der Waals surface area contributed by atoms with Crippen molar-refractivity contribution < 1.29 is 18.4 Å². The molecule has 27 heavy (non-hydrogen) atoms. The maximum atomic E-state index is 11.9. The number of benzene rings is 1. The Labute approximate surface area is 158 Å². The van der Waals surface area contributed by atoms with Gasteiger partial charge in [-0.3, -0.25) is 0 Å². The number of hydrogen-bond donors (Lipinski definition) is 1. The second-order valence-corrected chi connectivity index (χ2v) is 6.90. The first kappa shape index (κ1) is 17.4. The topological polar surface area (TPSA) is 102 Å². The monoisotopic (exact) mass is 384 g/mol. The second kappa shape index (κ2) is 6.96. The Morgan fingerprint density at radius 2 is 2.00 bits per heavy atom. The Kier molecular flexibility index (Phi) is 4.49. The number of aromatic nitrogens is 2. The molecule has 3 heterocycles. The third-order valence-corrected chi connectivity index (χ3v) is 5.12. The molecular weight excluding hydrogens is 368 g/mol. The maximum absolute atomic E-state index is 11.9. The van der Waals surface area contributed by atoms with Crippen molar-refractivity contribution in [1.82, 2.24) is 10.2 Å². The van der Waals surface area contributed by atoms with Gasteiger partial charge >= 0.3 is 5.63 Å². The molecule has 0 amide bonds. The third kappa shape index (κ3) is 3.35. The maximum Gasteiger partial charge on any atom is 0.336 e. The van der Waals surface area contributed by atoms with Crippen molar-refractivity contribution in [2.24, 2.45) is 0 Å². The van der Waals surface area contributed by atoms with E-state index in [1.807, 2.05) is 19.9 Å². The highest BCUT2D eigenvalue weighted by molar-refractivity contribution is 7.98. The van der Waals surface area contributed by atoms with Gasteiger partial charge in [0.15, 0.2) is 0 Å². The van der Waals surface area contributed by atoms with E-state index in [-0.39, 0.29) is 5.75 Å². The number of nitrogens with zero attached hydrogens (tertiary/aromatic N) is 2. The number of aryl methyl sites for hydroxylation is 2. The summed E-state index contributed by atoms with van der Waals surface area (Å²) >= 11 is 1.32. The van der Waals surface area contributed by atoms with Crippen molar-refractivity contribution >= 4 is 22.7 Å². The molecule has 0 unspecified atom stereocenters. The van der Waals surface area contributed by atoms with Crippen LogP contribution in [0.4, 0.5) is 0 Å². The minimum Gasteiger partial charge on any atom is -0.508 e. The molecule has 0 bridgehead atoms. The zero-order valence-electron chi connectivity index (χ0n) is 14.7. The van der Waals surface area contributed by atoms with E-state index >= 15 is 0 Å². The van der Waals surface area contributed by atoms with Crippen LogP contribution in [-0.4, -0.2) is 15.3 Å². The molecular formula is C19H16N2O5S. The number of aromatic hydroxyl groups is 1. The smallest absolute Gasteiger partial charge is 0.336 e. The van der Waals surface area contributed by atoms with Crippen LogP contribution >= 0.6 is 11.8 Å². The molecule has 3 aromatic heterocycles. The molecule has 0 fully saturated rings. The van der Waals surface area contributed by atoms with Gasteiger partial charge in [0.05, 0.1) is 11.8 Å². The van der Waals surface area contributed by atoms with Gasteiger partial charge in [0.1, 0.15) is 17.1 Å². The second-order valence-electron chi connectivity index (χ2n) is 5.97. The highest BCUT2D eigenvalue weighted by Gasteiger charge is 2.15. The van der Waals surface area contributed by atoms with Crippen molar-refractivity contribution in [2.75, 3.05) is 0 Å². The number of fused-ring (bicyclic) bond motifs is 1. The van der Waals surface area contributed by atoms with Crippen LogP contribution in [0.25, 0.3) is 22.4 Å². The molecule has 0 saturated carbocycles. The summed E-state index contributed by atoms with van der Waals surface area (Å²) in [5, 5.41) is 19.3. The van der Waals surface area contributed by atoms with Gasteiger partial charge in [0, 0.05) is 23.3 Å². The molecule has 0 atom stereocenters. The van der Waals surface area contributed by atoms with Crippen molar-refractivity contribution in [3.05, 3.63) is 57.8 Å². The lowest BCUT2D eigenvalue weighted by Crippen LogP contribution is -2.00. The van der Waals surface area contributed by atoms with Gasteiger partial charge in [-0.25, -0.2) is 4.79 Å². The van der Waals surface area contributed by atoms with Gasteiger partial charge in [-0.2, -0.15) is 0 Å². The lowest BCUT2D eigenvalue weighted by atomic mass is 10.1. The van der Waals surface area contributed by atoms with E-state index in [2.05, 4.69) is 10.2 Å². The van der Waals surface area contributed by atoms with Crippen LogP contribution in [0.15, 0.2) is 53.8 Å². The lowest BCUT2D eigenvalue weighted by molar-refractivity contribution is 0.463. The van der Waals surface area contributed by atoms with Crippen molar-refractivity contribution in [2.45, 2.75) is 31.2 Å². The molecule has 8 heteroatoms. The highest BCUT2D eigenvalue weighted by atomic mass is 32.2. The molecule has 138 valence electrons. The molecule has 4 aromatic rings. The summed E-state index contributed by atoms with van der Waals surface area (Å²) in [7, 11) is 0. The summed E-state index contributed by atoms with van der Waals surface area (Å²) in [6.45, 7) is 3.77. The van der Waals surface area contributed by atoms with Gasteiger partial charge in [0.2, 0.25) is 0 Å². The van der Waals surface area contributed by atoms with Gasteiger partial charge in [-0.05, 0) is 36.6 Å². The van der Waals surface area contributed by atoms with E-state index in [0.29, 0.717) is 34.6 Å². The third-order valence-electron chi connectivity index (χ3n) is 4.26. The Morgan fingerprint density at radius 3 is 2.74 bits per heavy atom. The van der Waals surface area contributed by atoms with E-state index < -0.39 is 5.63 Å². The predicted molar refractivity (Wildman–Crippen MR) is 99.8 cm³/mol. The van der Waals surface area contributed by atoms with Crippen LogP contribution < -0.4 is 5.63 Å². The number of rotatable bonds is 5. The first-order chi connectivity index (χ1) is 13.0. The number of phenols is 1. The molecule has 0 spiro atoms. The summed E-state index contributed by atoms with van der Waals surface area (Å²) in [5.41, 5.74) is 2.21. The van der Waals surface area contributed by atoms with Crippen LogP contribution in [-0.2, 0) is 12.2 Å². The van der Waals surface area contributed by atoms with Crippen molar-refractivity contribution in [3.8, 4) is 17.2 Å². The largest absolute Gasteiger partial charge is 0.508 e. The summed E-state index contributed by atoms with van der Waals surface area (Å²) < 4.78 is 16.1. The van der Waals surface area contributed by atoms with Crippen LogP contribution in [0.5, 0.6) is 5.75 Å². The lowest BCUT2D eigenvalue weighted by Gasteiger charge is -2.07. The number of thioether (sulfide) groups is 1. The van der Waals surface area contributed by atoms with E-state index in [9.17, 15) is 9.90 Å². The van der Waals surface area contributed by atoms with E-state index in [0.717, 1.165) is 22.1 Å². The molecule has 0 aliphatic carbocycles. The van der Waals surface area contributed by atoms with E-state index in [1.54, 1.807) is 12.3 Å². The van der Waals surface area contributed by atoms with E-state index in [4.69, 9.17) is 13.3 Å². The summed E-state index contributed by atoms with van der Waals surface area (Å²) in [4.78, 5) is 11.9. The van der Waals surface area contributed by atoms with Crippen LogP contribution in [0.2, 0.25) is 0 Å². The first-order valence-electron chi connectivity index (χ1n) is 8.34. The zero-order valence-corrected chi connectivity index (χ0v) is 15.5. The number of furan rings is 1. The highest BCUT2D eigenvalue weighted by Crippen LogP contribution is 2.31. The molecule has 0 radical (unpaired) electrons. The van der Waals surface area contributed by atoms with Gasteiger partial charge < -0.3 is 18.4 Å². The summed E-state index contributed by atoms with van der Waals surface area (Å²) in [5.74, 6) is 1.66. The Morgan fingerprint density at radius 1 is 1.15 bits per heavy atom. The normalized spacial score (nSPS) is 11.3. The number of hydrogen-bond acceptors (Lipinski definition) is 8. The summed E-state index contributed by atoms with van der Waals surface area (Å²) in [6, 6.07) is 6.54. The minimum absolute atomic E-state index is 0.120. The molecule has 4 rings (SSSR count). The molecule has 1 N–H and O–H groups in total. The SMILES string of the molecule is CCc1cc2c(CSc3nnc(-c4ccoc4C)o3)cc(=O)oc2cc1O. The Balaban J connectivity index is 1.63. The molecule has 0 saturated heterocycles. The molecule has 1 aromatic carbocycles. The minimum atomic E-state index is -0.470. The van der Waals surface area contributed by atoms with Crippen LogP contribution in [0.1, 0.15) is 23.8 Å². The fourth-order valence-corrected chi connectivity index (χ4v) is 3.59. The van der Waals surface area contributed by atoms with Gasteiger partial charge in [0.25, 0.3) is 11.1 Å². The fraction of sp³-hybridized carbons (Fsp3) is 0.211. The summed E-state index contributed by atoms with van der Waals surface area (Å²) in [6.07, 6.45) is 2.24. The molecule has 7 nitrogen and oxygen atoms in total. The van der Waals surface area contributed by atoms with Gasteiger partial charge in [-0.15, -0.1) is 10.2 Å². The van der Waals surface area contributed by atoms with Crippen LogP contribution in [0, 0.1) is 6.92 Å². The van der Waals surface area contributed by atoms with Crippen molar-refractivity contribution in [3.63, 3.8) is 0 Å². The quantitative estimate of drug-likeness (QED) is 0.401. The van der Waals surface area contributed by atoms with Crippen LogP contribution in [0.3, 0.4) is 0 Å². The fourth-order valence-electron chi connectivity index (χ4n) is 2.83. The standard InChI is InChI=1S/C19H16N2O5S/c1-3-11-6-14-12(7-17(23)25-16(14)8-15(11)22)9-27-19-21-20-18(26-19)13-4-5-24-10(13)2/h4-8,22H,3,9H2,1-2H3. The average Bonchev–Trinajstić information content (AvgIpc) is 3.27. The molecule has 0 aliphatic rings. The molecule has 0 aliphatic heterocycles. The number of phenolic OH excluding ortho intramolecular Hbond substituents is 1. The van der Waals surface area contributed by atoms with Crippen molar-refractivity contribution in [1.29, 1.82) is 0 Å². The van der Waals surface area contributed by atoms with E-state index in [1.165, 1.54) is 23.9 Å². The Bertz CT molecular complexity index is 1170. The zero-order chi connectivity index (χ0) is 19.0. The Hall–Kier alpha value is -3.00. The first-order valence-corrected chi connectivity index (χ1v) is 9.33. The van der Waals surface area contributed by atoms with Gasteiger partial charge in [-0.1, -0.05) is 18.7 Å². The predicted octanol–water partition coefficient (Wildman–Crippen LogP) is 4.30.